The number of morpholine rings is 1. The third-order valence-corrected chi connectivity index (χ3v) is 4.32. The van der Waals surface area contributed by atoms with Crippen molar-refractivity contribution in [3.63, 3.8) is 0 Å². The maximum atomic E-state index is 5.36. The first kappa shape index (κ1) is 16.8. The molecule has 0 radical (unpaired) electrons. The first-order valence-corrected chi connectivity index (χ1v) is 8.66. The summed E-state index contributed by atoms with van der Waals surface area (Å²) in [6.45, 7) is 6.50. The van der Waals surface area contributed by atoms with Gasteiger partial charge in [0.2, 0.25) is 0 Å². The van der Waals surface area contributed by atoms with E-state index >= 15 is 0 Å². The van der Waals surface area contributed by atoms with Crippen LogP contribution in [0.1, 0.15) is 5.69 Å². The molecule has 0 unspecified atom stereocenters. The smallest absolute Gasteiger partial charge is 0.191 e. The molecule has 2 heterocycles. The molecule has 0 bridgehead atoms. The van der Waals surface area contributed by atoms with Crippen LogP contribution in [0, 0.1) is 0 Å². The number of ether oxygens (including phenoxy) is 1. The zero-order valence-electron chi connectivity index (χ0n) is 14.3. The summed E-state index contributed by atoms with van der Waals surface area (Å²) in [5, 5.41) is 8.02. The summed E-state index contributed by atoms with van der Waals surface area (Å²) in [5.41, 5.74) is 2.44. The van der Waals surface area contributed by atoms with Crippen LogP contribution in [0.5, 0.6) is 0 Å². The van der Waals surface area contributed by atoms with E-state index in [1.54, 1.807) is 0 Å². The Labute approximate surface area is 143 Å². The number of guanidine groups is 1. The van der Waals surface area contributed by atoms with Gasteiger partial charge in [0.1, 0.15) is 0 Å². The van der Waals surface area contributed by atoms with E-state index in [4.69, 9.17) is 4.74 Å². The third kappa shape index (κ3) is 4.72. The molecule has 1 aromatic carbocycles. The van der Waals surface area contributed by atoms with Crippen molar-refractivity contribution in [1.29, 1.82) is 0 Å². The van der Waals surface area contributed by atoms with Gasteiger partial charge in [-0.1, -0.05) is 18.2 Å². The number of H-pyrrole nitrogens is 1. The Bertz CT molecular complexity index is 627. The molecule has 0 aliphatic carbocycles. The quantitative estimate of drug-likeness (QED) is 0.551. The normalized spacial score (nSPS) is 16.5. The van der Waals surface area contributed by atoms with Crippen LogP contribution < -0.4 is 10.6 Å². The summed E-state index contributed by atoms with van der Waals surface area (Å²) >= 11 is 0. The van der Waals surface area contributed by atoms with Crippen molar-refractivity contribution >= 4 is 16.9 Å². The molecule has 3 N–H and O–H groups in total. The highest BCUT2D eigenvalue weighted by Crippen LogP contribution is 2.14. The average Bonchev–Trinajstić information content (AvgIpc) is 3.04. The van der Waals surface area contributed by atoms with Crippen molar-refractivity contribution < 1.29 is 4.74 Å². The molecule has 0 atom stereocenters. The largest absolute Gasteiger partial charge is 0.379 e. The minimum atomic E-state index is 0.845. The van der Waals surface area contributed by atoms with Crippen molar-refractivity contribution in [2.24, 2.45) is 4.99 Å². The second-order valence-corrected chi connectivity index (χ2v) is 6.01. The number of nitrogens with zero attached hydrogens (tertiary/aromatic N) is 2. The van der Waals surface area contributed by atoms with Crippen molar-refractivity contribution in [2.75, 3.05) is 53.0 Å². The van der Waals surface area contributed by atoms with Crippen molar-refractivity contribution in [3.8, 4) is 0 Å². The zero-order valence-corrected chi connectivity index (χ0v) is 14.3. The summed E-state index contributed by atoms with van der Waals surface area (Å²) in [6, 6.07) is 10.6. The van der Waals surface area contributed by atoms with E-state index in [0.717, 1.165) is 58.3 Å². The van der Waals surface area contributed by atoms with Gasteiger partial charge < -0.3 is 20.4 Å². The lowest BCUT2D eigenvalue weighted by molar-refractivity contribution is 0.0389. The predicted molar refractivity (Wildman–Crippen MR) is 98.6 cm³/mol. The number of aromatic amines is 1. The fourth-order valence-electron chi connectivity index (χ4n) is 2.96. The summed E-state index contributed by atoms with van der Waals surface area (Å²) in [7, 11) is 1.81. The van der Waals surface area contributed by atoms with E-state index in [-0.39, 0.29) is 0 Å². The van der Waals surface area contributed by atoms with Gasteiger partial charge in [-0.05, 0) is 17.5 Å². The number of rotatable bonds is 6. The standard InChI is InChI=1S/C18H27N5O/c1-19-18(21-8-9-23-10-12-24-13-11-23)20-7-6-16-14-15-4-2-3-5-17(15)22-16/h2-5,14,22H,6-13H2,1H3,(H2,19,20,21). The Morgan fingerprint density at radius 3 is 2.79 bits per heavy atom. The average molecular weight is 329 g/mol. The molecule has 2 aromatic rings. The monoisotopic (exact) mass is 329 g/mol. The van der Waals surface area contributed by atoms with E-state index in [2.05, 4.69) is 55.8 Å². The molecule has 6 nitrogen and oxygen atoms in total. The Morgan fingerprint density at radius 2 is 2.00 bits per heavy atom. The molecule has 1 aromatic heterocycles. The molecule has 1 fully saturated rings. The van der Waals surface area contributed by atoms with Crippen LogP contribution in [0.2, 0.25) is 0 Å². The minimum Gasteiger partial charge on any atom is -0.379 e. The Kier molecular flexibility index (Phi) is 6.09. The number of nitrogens with one attached hydrogen (secondary N) is 3. The number of benzene rings is 1. The molecule has 0 spiro atoms. The zero-order chi connectivity index (χ0) is 16.6. The molecular weight excluding hydrogens is 302 g/mol. The minimum absolute atomic E-state index is 0.845. The summed E-state index contributed by atoms with van der Waals surface area (Å²) < 4.78 is 5.36. The molecular formula is C18H27N5O. The SMILES string of the molecule is CN=C(NCCc1cc2ccccc2[nH]1)NCCN1CCOCC1. The molecule has 24 heavy (non-hydrogen) atoms. The van der Waals surface area contributed by atoms with Gasteiger partial charge in [0.05, 0.1) is 13.2 Å². The van der Waals surface area contributed by atoms with E-state index in [1.807, 2.05) is 7.05 Å². The molecule has 1 aliphatic heterocycles. The summed E-state index contributed by atoms with van der Waals surface area (Å²) in [4.78, 5) is 10.2. The van der Waals surface area contributed by atoms with E-state index in [9.17, 15) is 0 Å². The topological polar surface area (TPSA) is 64.7 Å². The fourth-order valence-corrected chi connectivity index (χ4v) is 2.96. The Balaban J connectivity index is 1.37. The Morgan fingerprint density at radius 1 is 1.21 bits per heavy atom. The molecule has 6 heteroatoms. The lowest BCUT2D eigenvalue weighted by atomic mass is 10.2. The van der Waals surface area contributed by atoms with Crippen LogP contribution in [-0.2, 0) is 11.2 Å². The van der Waals surface area contributed by atoms with Crippen molar-refractivity contribution in [2.45, 2.75) is 6.42 Å². The van der Waals surface area contributed by atoms with Crippen LogP contribution >= 0.6 is 0 Å². The number of hydrogen-bond donors (Lipinski definition) is 3. The third-order valence-electron chi connectivity index (χ3n) is 4.32. The molecule has 0 amide bonds. The van der Waals surface area contributed by atoms with Gasteiger partial charge in [-0.2, -0.15) is 0 Å². The van der Waals surface area contributed by atoms with Crippen molar-refractivity contribution in [3.05, 3.63) is 36.0 Å². The summed E-state index contributed by atoms with van der Waals surface area (Å²) in [5.74, 6) is 0.861. The first-order chi connectivity index (χ1) is 11.8. The maximum absolute atomic E-state index is 5.36. The number of fused-ring (bicyclic) bond motifs is 1. The van der Waals surface area contributed by atoms with Crippen molar-refractivity contribution in [1.82, 2.24) is 20.5 Å². The number of hydrogen-bond acceptors (Lipinski definition) is 3. The highest BCUT2D eigenvalue weighted by atomic mass is 16.5. The molecule has 1 aliphatic rings. The van der Waals surface area contributed by atoms with Crippen LogP contribution in [0.15, 0.2) is 35.3 Å². The van der Waals surface area contributed by atoms with Gasteiger partial charge in [0, 0.05) is 57.4 Å². The number of aromatic nitrogens is 1. The van der Waals surface area contributed by atoms with Gasteiger partial charge >= 0.3 is 0 Å². The van der Waals surface area contributed by atoms with Gasteiger partial charge in [-0.15, -0.1) is 0 Å². The van der Waals surface area contributed by atoms with E-state index < -0.39 is 0 Å². The number of aliphatic imine (C=N–C) groups is 1. The lowest BCUT2D eigenvalue weighted by Gasteiger charge is -2.26. The fraction of sp³-hybridized carbons (Fsp3) is 0.500. The highest BCUT2D eigenvalue weighted by molar-refractivity contribution is 5.80. The maximum Gasteiger partial charge on any atom is 0.191 e. The van der Waals surface area contributed by atoms with Gasteiger partial charge in [-0.3, -0.25) is 9.89 Å². The van der Waals surface area contributed by atoms with Gasteiger partial charge in [0.15, 0.2) is 5.96 Å². The molecule has 3 rings (SSSR count). The summed E-state index contributed by atoms with van der Waals surface area (Å²) in [6.07, 6.45) is 0.943. The van der Waals surface area contributed by atoms with Crippen LogP contribution in [-0.4, -0.2) is 68.8 Å². The van der Waals surface area contributed by atoms with E-state index in [1.165, 1.54) is 16.6 Å². The first-order valence-electron chi connectivity index (χ1n) is 8.66. The van der Waals surface area contributed by atoms with Crippen LogP contribution in [0.25, 0.3) is 10.9 Å². The highest BCUT2D eigenvalue weighted by Gasteiger charge is 2.09. The second kappa shape index (κ2) is 8.70. The molecule has 1 saturated heterocycles. The van der Waals surface area contributed by atoms with Gasteiger partial charge in [-0.25, -0.2) is 0 Å². The number of para-hydroxylation sites is 1. The van der Waals surface area contributed by atoms with E-state index in [0.29, 0.717) is 0 Å². The lowest BCUT2D eigenvalue weighted by Crippen LogP contribution is -2.44. The van der Waals surface area contributed by atoms with Crippen LogP contribution in [0.4, 0.5) is 0 Å². The molecule has 0 saturated carbocycles. The molecule has 130 valence electrons. The van der Waals surface area contributed by atoms with Gasteiger partial charge in [0.25, 0.3) is 0 Å². The van der Waals surface area contributed by atoms with Crippen LogP contribution in [0.3, 0.4) is 0 Å². The second-order valence-electron chi connectivity index (χ2n) is 6.01. The predicted octanol–water partition coefficient (Wildman–Crippen LogP) is 1.21. The Hall–Kier alpha value is -2.05.